The van der Waals surface area contributed by atoms with Crippen molar-refractivity contribution in [1.82, 2.24) is 4.90 Å². The highest BCUT2D eigenvalue weighted by Crippen LogP contribution is 2.14. The van der Waals surface area contributed by atoms with Gasteiger partial charge in [-0.1, -0.05) is 40.0 Å². The molecule has 2 heteroatoms. The van der Waals surface area contributed by atoms with Gasteiger partial charge in [-0.15, -0.1) is 0 Å². The van der Waals surface area contributed by atoms with Crippen LogP contribution in [-0.4, -0.2) is 31.1 Å². The van der Waals surface area contributed by atoms with E-state index in [2.05, 4.69) is 25.7 Å². The minimum Gasteiger partial charge on any atom is -0.329 e. The Kier molecular flexibility index (Phi) is 10.4. The fourth-order valence-electron chi connectivity index (χ4n) is 2.08. The lowest BCUT2D eigenvalue weighted by molar-refractivity contribution is 0.224. The van der Waals surface area contributed by atoms with Gasteiger partial charge < -0.3 is 10.6 Å². The Balaban J connectivity index is 3.85. The molecule has 0 saturated heterocycles. The van der Waals surface area contributed by atoms with Crippen LogP contribution >= 0.6 is 0 Å². The maximum Gasteiger partial charge on any atom is 0.0105 e. The lowest BCUT2D eigenvalue weighted by atomic mass is 9.98. The van der Waals surface area contributed by atoms with Crippen molar-refractivity contribution in [1.29, 1.82) is 0 Å². The molecule has 15 heavy (non-hydrogen) atoms. The summed E-state index contributed by atoms with van der Waals surface area (Å²) in [7, 11) is 0. The Morgan fingerprint density at radius 2 is 1.80 bits per heavy atom. The standard InChI is InChI=1S/C13H30N2/c1-4-7-8-13(6-3)12-15(10-5-2)11-9-14/h13H,4-12,14H2,1-3H3. The van der Waals surface area contributed by atoms with Gasteiger partial charge in [0.2, 0.25) is 0 Å². The molecular formula is C13H30N2. The van der Waals surface area contributed by atoms with E-state index in [-0.39, 0.29) is 0 Å². The minimum absolute atomic E-state index is 0.796. The zero-order chi connectivity index (χ0) is 11.5. The Morgan fingerprint density at radius 3 is 2.27 bits per heavy atom. The van der Waals surface area contributed by atoms with Gasteiger partial charge in [0.05, 0.1) is 0 Å². The van der Waals surface area contributed by atoms with Crippen molar-refractivity contribution in [3.63, 3.8) is 0 Å². The van der Waals surface area contributed by atoms with Gasteiger partial charge in [0.25, 0.3) is 0 Å². The van der Waals surface area contributed by atoms with E-state index in [1.165, 1.54) is 45.2 Å². The molecule has 1 atom stereocenters. The number of nitrogens with two attached hydrogens (primary N) is 1. The minimum atomic E-state index is 0.796. The van der Waals surface area contributed by atoms with Crippen molar-refractivity contribution in [2.24, 2.45) is 11.7 Å². The molecule has 0 spiro atoms. The Hall–Kier alpha value is -0.0800. The summed E-state index contributed by atoms with van der Waals surface area (Å²) in [5.74, 6) is 0.878. The molecule has 92 valence electrons. The Bertz CT molecular complexity index is 120. The molecule has 0 aromatic rings. The predicted molar refractivity (Wildman–Crippen MR) is 69.1 cm³/mol. The largest absolute Gasteiger partial charge is 0.329 e. The first-order valence-corrected chi connectivity index (χ1v) is 6.70. The molecule has 0 heterocycles. The van der Waals surface area contributed by atoms with E-state index >= 15 is 0 Å². The van der Waals surface area contributed by atoms with Crippen LogP contribution in [0.2, 0.25) is 0 Å². The lowest BCUT2D eigenvalue weighted by Crippen LogP contribution is -2.34. The van der Waals surface area contributed by atoms with Crippen molar-refractivity contribution < 1.29 is 0 Å². The first-order chi connectivity index (χ1) is 7.28. The van der Waals surface area contributed by atoms with Crippen molar-refractivity contribution in [3.8, 4) is 0 Å². The van der Waals surface area contributed by atoms with Gasteiger partial charge in [-0.25, -0.2) is 0 Å². The van der Waals surface area contributed by atoms with Crippen LogP contribution in [0.5, 0.6) is 0 Å². The number of rotatable bonds is 10. The van der Waals surface area contributed by atoms with Crippen molar-refractivity contribution >= 4 is 0 Å². The average molecular weight is 214 g/mol. The zero-order valence-corrected chi connectivity index (χ0v) is 11.0. The lowest BCUT2D eigenvalue weighted by Gasteiger charge is -2.26. The van der Waals surface area contributed by atoms with E-state index in [1.54, 1.807) is 0 Å². The summed E-state index contributed by atoms with van der Waals surface area (Å²) in [6, 6.07) is 0. The molecule has 0 amide bonds. The highest BCUT2D eigenvalue weighted by molar-refractivity contribution is 4.65. The quantitative estimate of drug-likeness (QED) is 0.606. The summed E-state index contributed by atoms with van der Waals surface area (Å²) < 4.78 is 0. The molecule has 0 saturated carbocycles. The van der Waals surface area contributed by atoms with E-state index in [0.717, 1.165) is 19.0 Å². The molecule has 0 aromatic carbocycles. The number of hydrogen-bond acceptors (Lipinski definition) is 2. The average Bonchev–Trinajstić information content (AvgIpc) is 2.24. The van der Waals surface area contributed by atoms with Gasteiger partial charge in [0.15, 0.2) is 0 Å². The molecule has 2 nitrogen and oxygen atoms in total. The van der Waals surface area contributed by atoms with Gasteiger partial charge in [-0.3, -0.25) is 0 Å². The van der Waals surface area contributed by atoms with E-state index in [4.69, 9.17) is 5.73 Å². The van der Waals surface area contributed by atoms with Gasteiger partial charge in [0, 0.05) is 19.6 Å². The summed E-state index contributed by atoms with van der Waals surface area (Å²) in [6.07, 6.45) is 6.63. The highest BCUT2D eigenvalue weighted by atomic mass is 15.1. The van der Waals surface area contributed by atoms with Crippen LogP contribution in [0.4, 0.5) is 0 Å². The van der Waals surface area contributed by atoms with Crippen molar-refractivity contribution in [2.75, 3.05) is 26.2 Å². The second kappa shape index (κ2) is 10.4. The monoisotopic (exact) mass is 214 g/mol. The van der Waals surface area contributed by atoms with Crippen LogP contribution in [0.3, 0.4) is 0 Å². The van der Waals surface area contributed by atoms with Gasteiger partial charge in [0.1, 0.15) is 0 Å². The maximum absolute atomic E-state index is 5.64. The number of unbranched alkanes of at least 4 members (excludes halogenated alkanes) is 1. The molecule has 0 fully saturated rings. The smallest absolute Gasteiger partial charge is 0.0105 e. The molecule has 0 aliphatic heterocycles. The van der Waals surface area contributed by atoms with E-state index in [1.807, 2.05) is 0 Å². The summed E-state index contributed by atoms with van der Waals surface area (Å²) in [5, 5.41) is 0. The third-order valence-corrected chi connectivity index (χ3v) is 3.04. The van der Waals surface area contributed by atoms with Crippen LogP contribution in [0, 0.1) is 5.92 Å². The third kappa shape index (κ3) is 7.80. The SMILES string of the molecule is CCCCC(CC)CN(CCC)CCN. The zero-order valence-electron chi connectivity index (χ0n) is 11.0. The summed E-state index contributed by atoms with van der Waals surface area (Å²) >= 11 is 0. The first kappa shape index (κ1) is 14.9. The third-order valence-electron chi connectivity index (χ3n) is 3.04. The normalized spacial score (nSPS) is 13.4. The van der Waals surface area contributed by atoms with E-state index < -0.39 is 0 Å². The molecule has 1 unspecified atom stereocenters. The molecule has 0 aliphatic carbocycles. The Morgan fingerprint density at radius 1 is 1.07 bits per heavy atom. The highest BCUT2D eigenvalue weighted by Gasteiger charge is 2.10. The Labute approximate surface area is 96.2 Å². The molecule has 0 aliphatic rings. The molecule has 0 radical (unpaired) electrons. The fraction of sp³-hybridized carbons (Fsp3) is 1.00. The topological polar surface area (TPSA) is 29.3 Å². The molecule has 2 N–H and O–H groups in total. The van der Waals surface area contributed by atoms with Crippen LogP contribution in [-0.2, 0) is 0 Å². The van der Waals surface area contributed by atoms with Crippen LogP contribution in [0.15, 0.2) is 0 Å². The second-order valence-electron chi connectivity index (χ2n) is 4.51. The van der Waals surface area contributed by atoms with Crippen molar-refractivity contribution in [3.05, 3.63) is 0 Å². The molecule has 0 aromatic heterocycles. The first-order valence-electron chi connectivity index (χ1n) is 6.70. The van der Waals surface area contributed by atoms with Gasteiger partial charge in [-0.2, -0.15) is 0 Å². The number of hydrogen-bond donors (Lipinski definition) is 1. The summed E-state index contributed by atoms with van der Waals surface area (Å²) in [5.41, 5.74) is 5.64. The molecule has 0 rings (SSSR count). The predicted octanol–water partition coefficient (Wildman–Crippen LogP) is 2.87. The van der Waals surface area contributed by atoms with Crippen LogP contribution in [0.25, 0.3) is 0 Å². The fourth-order valence-corrected chi connectivity index (χ4v) is 2.08. The van der Waals surface area contributed by atoms with Crippen LogP contribution < -0.4 is 5.73 Å². The van der Waals surface area contributed by atoms with E-state index in [9.17, 15) is 0 Å². The van der Waals surface area contributed by atoms with E-state index in [0.29, 0.717) is 0 Å². The number of nitrogens with zero attached hydrogens (tertiary/aromatic N) is 1. The van der Waals surface area contributed by atoms with Gasteiger partial charge >= 0.3 is 0 Å². The summed E-state index contributed by atoms with van der Waals surface area (Å²) in [6.45, 7) is 11.2. The van der Waals surface area contributed by atoms with Gasteiger partial charge in [-0.05, 0) is 25.3 Å². The maximum atomic E-state index is 5.64. The molecule has 0 bridgehead atoms. The molecular weight excluding hydrogens is 184 g/mol. The second-order valence-corrected chi connectivity index (χ2v) is 4.51. The summed E-state index contributed by atoms with van der Waals surface area (Å²) in [4.78, 5) is 2.53. The van der Waals surface area contributed by atoms with Crippen molar-refractivity contribution in [2.45, 2.75) is 52.9 Å². The van der Waals surface area contributed by atoms with Crippen LogP contribution in [0.1, 0.15) is 52.9 Å².